The number of hydrogen-bond donors (Lipinski definition) is 1. The van der Waals surface area contributed by atoms with E-state index in [1.807, 2.05) is 48.5 Å². The number of aromatic carboxylic acids is 1. The summed E-state index contributed by atoms with van der Waals surface area (Å²) in [6.45, 7) is 0. The minimum Gasteiger partial charge on any atom is -0.477 e. The highest BCUT2D eigenvalue weighted by atomic mass is 35.5. The quantitative estimate of drug-likeness (QED) is 0.534. The first-order valence-corrected chi connectivity index (χ1v) is 7.83. The summed E-state index contributed by atoms with van der Waals surface area (Å²) >= 11 is 6.28. The van der Waals surface area contributed by atoms with Gasteiger partial charge in [0.1, 0.15) is 5.69 Å². The highest BCUT2D eigenvalue weighted by Crippen LogP contribution is 2.35. The van der Waals surface area contributed by atoms with E-state index in [1.165, 1.54) is 6.07 Å². The van der Waals surface area contributed by atoms with Crippen LogP contribution in [0, 0.1) is 0 Å². The Hall–Kier alpha value is -2.91. The molecule has 0 radical (unpaired) electrons. The van der Waals surface area contributed by atoms with Crippen LogP contribution in [0.2, 0.25) is 5.02 Å². The van der Waals surface area contributed by atoms with E-state index in [1.54, 1.807) is 12.1 Å². The first kappa shape index (κ1) is 14.7. The Bertz CT molecular complexity index is 1100. The molecular formula is C20H12ClNO2. The molecule has 3 nitrogen and oxygen atoms in total. The number of halogens is 1. The molecule has 0 fully saturated rings. The summed E-state index contributed by atoms with van der Waals surface area (Å²) in [5, 5.41) is 12.8. The second kappa shape index (κ2) is 5.62. The third-order valence-electron chi connectivity index (χ3n) is 4.06. The fourth-order valence-corrected chi connectivity index (χ4v) is 3.21. The van der Waals surface area contributed by atoms with Crippen molar-refractivity contribution in [3.8, 4) is 11.1 Å². The van der Waals surface area contributed by atoms with Crippen molar-refractivity contribution in [3.63, 3.8) is 0 Å². The molecule has 1 N–H and O–H groups in total. The molecule has 0 aliphatic heterocycles. The number of carboxylic acid groups (broad SMARTS) is 1. The van der Waals surface area contributed by atoms with Gasteiger partial charge in [-0.25, -0.2) is 9.78 Å². The van der Waals surface area contributed by atoms with Crippen LogP contribution in [0.25, 0.3) is 32.8 Å². The van der Waals surface area contributed by atoms with E-state index in [2.05, 4.69) is 4.98 Å². The Labute approximate surface area is 143 Å². The van der Waals surface area contributed by atoms with Gasteiger partial charge < -0.3 is 5.11 Å². The lowest BCUT2D eigenvalue weighted by Crippen LogP contribution is -2.00. The van der Waals surface area contributed by atoms with Crippen LogP contribution in [0.4, 0.5) is 0 Å². The third kappa shape index (κ3) is 2.39. The van der Waals surface area contributed by atoms with E-state index in [-0.39, 0.29) is 5.69 Å². The maximum absolute atomic E-state index is 11.3. The van der Waals surface area contributed by atoms with E-state index < -0.39 is 5.97 Å². The van der Waals surface area contributed by atoms with Gasteiger partial charge in [0.05, 0.1) is 5.52 Å². The highest BCUT2D eigenvalue weighted by Gasteiger charge is 2.13. The molecule has 0 aliphatic rings. The monoisotopic (exact) mass is 333 g/mol. The van der Waals surface area contributed by atoms with Crippen molar-refractivity contribution in [2.75, 3.05) is 0 Å². The van der Waals surface area contributed by atoms with E-state index in [0.717, 1.165) is 27.3 Å². The number of benzene rings is 3. The molecule has 0 atom stereocenters. The van der Waals surface area contributed by atoms with Crippen LogP contribution >= 0.6 is 11.6 Å². The molecule has 0 bridgehead atoms. The number of carbonyl (C=O) groups is 1. The molecule has 116 valence electrons. The van der Waals surface area contributed by atoms with Gasteiger partial charge in [0, 0.05) is 16.0 Å². The van der Waals surface area contributed by atoms with Crippen LogP contribution < -0.4 is 0 Å². The molecule has 0 aliphatic carbocycles. The lowest BCUT2D eigenvalue weighted by Gasteiger charge is -2.11. The van der Waals surface area contributed by atoms with Crippen molar-refractivity contribution in [1.29, 1.82) is 0 Å². The summed E-state index contributed by atoms with van der Waals surface area (Å²) in [5.41, 5.74) is 2.47. The summed E-state index contributed by atoms with van der Waals surface area (Å²) in [6, 6.07) is 20.9. The van der Waals surface area contributed by atoms with Crippen molar-refractivity contribution in [1.82, 2.24) is 4.98 Å². The number of aromatic nitrogens is 1. The summed E-state index contributed by atoms with van der Waals surface area (Å²) in [4.78, 5) is 15.6. The van der Waals surface area contributed by atoms with Gasteiger partial charge in [0.25, 0.3) is 0 Å². The van der Waals surface area contributed by atoms with Crippen LogP contribution in [0.5, 0.6) is 0 Å². The molecule has 1 heterocycles. The average molecular weight is 334 g/mol. The van der Waals surface area contributed by atoms with E-state index in [9.17, 15) is 9.90 Å². The molecule has 0 spiro atoms. The van der Waals surface area contributed by atoms with Crippen LogP contribution in [0.15, 0.2) is 66.7 Å². The average Bonchev–Trinajstić information content (AvgIpc) is 2.60. The molecule has 1 aromatic heterocycles. The fraction of sp³-hybridized carbons (Fsp3) is 0. The molecular weight excluding hydrogens is 322 g/mol. The standard InChI is InChI=1S/C20H12ClNO2/c21-14-10-13-8-9-18(20(23)24)22-19(13)17(11-14)16-7-3-5-12-4-1-2-6-15(12)16/h1-11H,(H,23,24). The van der Waals surface area contributed by atoms with Gasteiger partial charge in [-0.3, -0.25) is 0 Å². The molecule has 4 aromatic rings. The maximum atomic E-state index is 11.3. The first-order valence-electron chi connectivity index (χ1n) is 7.45. The molecule has 0 unspecified atom stereocenters. The van der Waals surface area contributed by atoms with Gasteiger partial charge in [0.15, 0.2) is 0 Å². The Morgan fingerprint density at radius 3 is 2.50 bits per heavy atom. The summed E-state index contributed by atoms with van der Waals surface area (Å²) in [6.07, 6.45) is 0. The molecule has 3 aromatic carbocycles. The molecule has 0 amide bonds. The number of pyridine rings is 1. The van der Waals surface area contributed by atoms with E-state index >= 15 is 0 Å². The number of nitrogens with zero attached hydrogens (tertiary/aromatic N) is 1. The predicted octanol–water partition coefficient (Wildman–Crippen LogP) is 5.41. The molecule has 0 saturated carbocycles. The highest BCUT2D eigenvalue weighted by molar-refractivity contribution is 6.32. The third-order valence-corrected chi connectivity index (χ3v) is 4.27. The summed E-state index contributed by atoms with van der Waals surface area (Å²) in [7, 11) is 0. The van der Waals surface area contributed by atoms with Crippen LogP contribution in [-0.2, 0) is 0 Å². The second-order valence-electron chi connectivity index (χ2n) is 5.55. The lowest BCUT2D eigenvalue weighted by molar-refractivity contribution is 0.0691. The smallest absolute Gasteiger partial charge is 0.354 e. The minimum atomic E-state index is -1.05. The first-order chi connectivity index (χ1) is 11.6. The largest absolute Gasteiger partial charge is 0.477 e. The summed E-state index contributed by atoms with van der Waals surface area (Å²) < 4.78 is 0. The number of rotatable bonds is 2. The Balaban J connectivity index is 2.11. The normalized spacial score (nSPS) is 11.0. The maximum Gasteiger partial charge on any atom is 0.354 e. The Kier molecular flexibility index (Phi) is 3.44. The van der Waals surface area contributed by atoms with Gasteiger partial charge in [-0.2, -0.15) is 0 Å². The zero-order chi connectivity index (χ0) is 16.7. The Morgan fingerprint density at radius 2 is 1.67 bits per heavy atom. The van der Waals surface area contributed by atoms with Crippen molar-refractivity contribution >= 4 is 39.2 Å². The van der Waals surface area contributed by atoms with Crippen LogP contribution in [0.3, 0.4) is 0 Å². The van der Waals surface area contributed by atoms with Crippen molar-refractivity contribution in [2.45, 2.75) is 0 Å². The van der Waals surface area contributed by atoms with Crippen molar-refractivity contribution in [2.24, 2.45) is 0 Å². The number of fused-ring (bicyclic) bond motifs is 2. The SMILES string of the molecule is O=C(O)c1ccc2cc(Cl)cc(-c3cccc4ccccc34)c2n1. The van der Waals surface area contributed by atoms with Gasteiger partial charge in [-0.1, -0.05) is 60.1 Å². The molecule has 24 heavy (non-hydrogen) atoms. The van der Waals surface area contributed by atoms with Gasteiger partial charge in [-0.05, 0) is 34.5 Å². The minimum absolute atomic E-state index is 0.0197. The summed E-state index contributed by atoms with van der Waals surface area (Å²) in [5.74, 6) is -1.05. The van der Waals surface area contributed by atoms with Gasteiger partial charge in [0.2, 0.25) is 0 Å². The molecule has 4 heteroatoms. The second-order valence-corrected chi connectivity index (χ2v) is 5.99. The fourth-order valence-electron chi connectivity index (χ4n) is 2.98. The van der Waals surface area contributed by atoms with Crippen LogP contribution in [0.1, 0.15) is 10.5 Å². The lowest BCUT2D eigenvalue weighted by atomic mass is 9.96. The van der Waals surface area contributed by atoms with Crippen LogP contribution in [-0.4, -0.2) is 16.1 Å². The van der Waals surface area contributed by atoms with Crippen molar-refractivity contribution < 1.29 is 9.90 Å². The Morgan fingerprint density at radius 1 is 0.875 bits per heavy atom. The molecule has 0 saturated heterocycles. The van der Waals surface area contributed by atoms with Gasteiger partial charge in [-0.15, -0.1) is 0 Å². The zero-order valence-corrected chi connectivity index (χ0v) is 13.3. The number of hydrogen-bond acceptors (Lipinski definition) is 2. The number of carboxylic acids is 1. The molecule has 4 rings (SSSR count). The zero-order valence-electron chi connectivity index (χ0n) is 12.5. The van der Waals surface area contributed by atoms with Gasteiger partial charge >= 0.3 is 5.97 Å². The predicted molar refractivity (Wildman–Crippen MR) is 96.7 cm³/mol. The van der Waals surface area contributed by atoms with E-state index in [4.69, 9.17) is 11.6 Å². The van der Waals surface area contributed by atoms with Crippen molar-refractivity contribution in [3.05, 3.63) is 77.4 Å². The van der Waals surface area contributed by atoms with E-state index in [0.29, 0.717) is 10.5 Å². The topological polar surface area (TPSA) is 50.2 Å².